The van der Waals surface area contributed by atoms with E-state index in [9.17, 15) is 4.79 Å². The third-order valence-corrected chi connectivity index (χ3v) is 6.89. The molecule has 1 heterocycles. The van der Waals surface area contributed by atoms with Crippen molar-refractivity contribution in [2.45, 2.75) is 57.4 Å². The predicted octanol–water partition coefficient (Wildman–Crippen LogP) is 3.42. The van der Waals surface area contributed by atoms with Gasteiger partial charge in [0.1, 0.15) is 0 Å². The molecule has 1 saturated heterocycles. The van der Waals surface area contributed by atoms with Gasteiger partial charge in [0.25, 0.3) is 0 Å². The fourth-order valence-corrected chi connectivity index (χ4v) is 5.35. The fourth-order valence-electron chi connectivity index (χ4n) is 5.35. The zero-order valence-corrected chi connectivity index (χ0v) is 15.8. The number of anilines is 1. The number of amides is 1. The van der Waals surface area contributed by atoms with Crippen molar-refractivity contribution >= 4 is 11.6 Å². The van der Waals surface area contributed by atoms with E-state index in [0.717, 1.165) is 31.5 Å². The van der Waals surface area contributed by atoms with Gasteiger partial charge < -0.3 is 16.0 Å². The van der Waals surface area contributed by atoms with Crippen LogP contribution in [0.2, 0.25) is 0 Å². The number of hydrogen-bond donors (Lipinski definition) is 2. The van der Waals surface area contributed by atoms with Crippen molar-refractivity contribution in [1.82, 2.24) is 4.90 Å². The highest BCUT2D eigenvalue weighted by Gasteiger charge is 2.40. The monoisotopic (exact) mass is 355 g/mol. The average molecular weight is 356 g/mol. The largest absolute Gasteiger partial charge is 0.327 e. The van der Waals surface area contributed by atoms with Gasteiger partial charge in [0.2, 0.25) is 5.91 Å². The first-order valence-electron chi connectivity index (χ1n) is 10.6. The van der Waals surface area contributed by atoms with E-state index in [0.29, 0.717) is 17.9 Å². The van der Waals surface area contributed by atoms with E-state index in [1.807, 2.05) is 6.07 Å². The Kier molecular flexibility index (Phi) is 5.60. The highest BCUT2D eigenvalue weighted by Crippen LogP contribution is 2.42. The highest BCUT2D eigenvalue weighted by atomic mass is 16.1. The number of nitrogens with two attached hydrogens (primary N) is 1. The Morgan fingerprint density at radius 2 is 1.85 bits per heavy atom. The van der Waals surface area contributed by atoms with Crippen LogP contribution in [-0.2, 0) is 11.2 Å². The third-order valence-electron chi connectivity index (χ3n) is 6.89. The second-order valence-electron chi connectivity index (χ2n) is 8.69. The van der Waals surface area contributed by atoms with Gasteiger partial charge in [-0.1, -0.05) is 18.6 Å². The van der Waals surface area contributed by atoms with Crippen molar-refractivity contribution in [3.63, 3.8) is 0 Å². The van der Waals surface area contributed by atoms with E-state index in [4.69, 9.17) is 5.73 Å². The lowest BCUT2D eigenvalue weighted by molar-refractivity contribution is -0.122. The van der Waals surface area contributed by atoms with E-state index < -0.39 is 0 Å². The minimum Gasteiger partial charge on any atom is -0.327 e. The fraction of sp³-hybridized carbons (Fsp3) is 0.682. The van der Waals surface area contributed by atoms with Crippen LogP contribution >= 0.6 is 0 Å². The molecule has 3 N–H and O–H groups in total. The summed E-state index contributed by atoms with van der Waals surface area (Å²) in [6.07, 6.45) is 9.37. The molecule has 4 heteroatoms. The summed E-state index contributed by atoms with van der Waals surface area (Å²) in [4.78, 5) is 15.4. The van der Waals surface area contributed by atoms with Crippen molar-refractivity contribution in [2.24, 2.45) is 23.5 Å². The number of likely N-dealkylation sites (tertiary alicyclic amines) is 1. The van der Waals surface area contributed by atoms with E-state index >= 15 is 0 Å². The van der Waals surface area contributed by atoms with E-state index in [2.05, 4.69) is 28.4 Å². The number of nitrogens with zero attached hydrogens (tertiary/aromatic N) is 1. The molecule has 0 radical (unpaired) electrons. The van der Waals surface area contributed by atoms with Gasteiger partial charge in [-0.2, -0.15) is 0 Å². The summed E-state index contributed by atoms with van der Waals surface area (Å²) in [5.74, 6) is 1.43. The molecule has 3 aliphatic rings. The Morgan fingerprint density at radius 3 is 2.58 bits per heavy atom. The number of nitrogens with one attached hydrogen (secondary N) is 1. The summed E-state index contributed by atoms with van der Waals surface area (Å²) in [6.45, 7) is 3.60. The van der Waals surface area contributed by atoms with Gasteiger partial charge in [0.05, 0.1) is 0 Å². The molecule has 4 rings (SSSR count). The number of rotatable bonds is 5. The third kappa shape index (κ3) is 4.12. The standard InChI is InChI=1S/C22H33N3O/c23-21-17-6-4-7-18(21)15-19(14-17)22(26)24-20-8-3-5-16(13-20)9-12-25-10-1-2-11-25/h3,5,8,13,17-19,21H,1-2,4,6-7,9-12,14-15,23H2,(H,24,26). The van der Waals surface area contributed by atoms with Crippen molar-refractivity contribution in [2.75, 3.05) is 25.0 Å². The normalized spacial score (nSPS) is 31.7. The number of benzene rings is 1. The molecular weight excluding hydrogens is 322 g/mol. The van der Waals surface area contributed by atoms with Gasteiger partial charge in [-0.3, -0.25) is 4.79 Å². The van der Waals surface area contributed by atoms with E-state index in [1.54, 1.807) is 0 Å². The Labute approximate surface area is 157 Å². The van der Waals surface area contributed by atoms with Crippen LogP contribution < -0.4 is 11.1 Å². The number of carbonyl (C=O) groups is 1. The molecule has 1 aromatic rings. The lowest BCUT2D eigenvalue weighted by Gasteiger charge is -2.43. The van der Waals surface area contributed by atoms with Crippen LogP contribution in [0.5, 0.6) is 0 Å². The molecule has 4 nitrogen and oxygen atoms in total. The summed E-state index contributed by atoms with van der Waals surface area (Å²) < 4.78 is 0. The Morgan fingerprint density at radius 1 is 1.12 bits per heavy atom. The molecule has 2 saturated carbocycles. The molecule has 1 aliphatic heterocycles. The summed E-state index contributed by atoms with van der Waals surface area (Å²) >= 11 is 0. The molecule has 3 fully saturated rings. The average Bonchev–Trinajstić information content (AvgIpc) is 3.13. The summed E-state index contributed by atoms with van der Waals surface area (Å²) in [5, 5.41) is 3.19. The molecular formula is C22H33N3O. The SMILES string of the molecule is NC1C2CCCC1CC(C(=O)Nc1cccc(CCN3CCCC3)c1)C2. The number of hydrogen-bond acceptors (Lipinski definition) is 3. The molecule has 0 aromatic heterocycles. The minimum absolute atomic E-state index is 0.137. The van der Waals surface area contributed by atoms with Crippen molar-refractivity contribution in [1.29, 1.82) is 0 Å². The highest BCUT2D eigenvalue weighted by molar-refractivity contribution is 5.92. The summed E-state index contributed by atoms with van der Waals surface area (Å²) in [7, 11) is 0. The van der Waals surface area contributed by atoms with Crippen LogP contribution in [0.15, 0.2) is 24.3 Å². The molecule has 26 heavy (non-hydrogen) atoms. The quantitative estimate of drug-likeness (QED) is 0.851. The Balaban J connectivity index is 1.33. The zero-order valence-electron chi connectivity index (χ0n) is 15.8. The first kappa shape index (κ1) is 18.0. The molecule has 1 aromatic carbocycles. The number of carbonyl (C=O) groups excluding carboxylic acids is 1. The molecule has 2 aliphatic carbocycles. The first-order valence-corrected chi connectivity index (χ1v) is 10.6. The first-order chi connectivity index (χ1) is 12.7. The van der Waals surface area contributed by atoms with Crippen LogP contribution in [0.1, 0.15) is 50.5 Å². The van der Waals surface area contributed by atoms with Crippen LogP contribution in [0.25, 0.3) is 0 Å². The maximum atomic E-state index is 12.8. The van der Waals surface area contributed by atoms with Gasteiger partial charge in [0, 0.05) is 24.2 Å². The molecule has 2 atom stereocenters. The van der Waals surface area contributed by atoms with Gasteiger partial charge in [-0.05, 0) is 87.6 Å². The lowest BCUT2D eigenvalue weighted by Crippen LogP contribution is -2.48. The zero-order chi connectivity index (χ0) is 17.9. The van der Waals surface area contributed by atoms with Crippen molar-refractivity contribution in [3.8, 4) is 0 Å². The smallest absolute Gasteiger partial charge is 0.227 e. The van der Waals surface area contributed by atoms with Crippen LogP contribution in [-0.4, -0.2) is 36.5 Å². The summed E-state index contributed by atoms with van der Waals surface area (Å²) in [5.41, 5.74) is 8.64. The molecule has 2 unspecified atom stereocenters. The number of fused-ring (bicyclic) bond motifs is 2. The second-order valence-corrected chi connectivity index (χ2v) is 8.69. The second kappa shape index (κ2) is 8.10. The predicted molar refractivity (Wildman–Crippen MR) is 106 cm³/mol. The maximum absolute atomic E-state index is 12.8. The molecule has 142 valence electrons. The van der Waals surface area contributed by atoms with Crippen LogP contribution in [0.4, 0.5) is 5.69 Å². The lowest BCUT2D eigenvalue weighted by atomic mass is 9.65. The van der Waals surface area contributed by atoms with Crippen molar-refractivity contribution in [3.05, 3.63) is 29.8 Å². The Hall–Kier alpha value is -1.39. The molecule has 2 bridgehead atoms. The topological polar surface area (TPSA) is 58.4 Å². The van der Waals surface area contributed by atoms with Crippen LogP contribution in [0.3, 0.4) is 0 Å². The minimum atomic E-state index is 0.137. The van der Waals surface area contributed by atoms with Gasteiger partial charge in [-0.25, -0.2) is 0 Å². The van der Waals surface area contributed by atoms with E-state index in [-0.39, 0.29) is 11.8 Å². The van der Waals surface area contributed by atoms with Crippen LogP contribution in [0, 0.1) is 17.8 Å². The maximum Gasteiger partial charge on any atom is 0.227 e. The van der Waals surface area contributed by atoms with E-state index in [1.165, 1.54) is 50.8 Å². The molecule has 1 amide bonds. The van der Waals surface area contributed by atoms with Gasteiger partial charge >= 0.3 is 0 Å². The molecule has 0 spiro atoms. The van der Waals surface area contributed by atoms with Gasteiger partial charge in [-0.15, -0.1) is 0 Å². The van der Waals surface area contributed by atoms with Crippen molar-refractivity contribution < 1.29 is 4.79 Å². The summed E-state index contributed by atoms with van der Waals surface area (Å²) in [6, 6.07) is 8.74. The van der Waals surface area contributed by atoms with Gasteiger partial charge in [0.15, 0.2) is 0 Å². The Bertz CT molecular complexity index is 612.